The van der Waals surface area contributed by atoms with Gasteiger partial charge in [-0.3, -0.25) is 0 Å². The number of likely N-dealkylation sites (tertiary alicyclic amines) is 1. The predicted octanol–water partition coefficient (Wildman–Crippen LogP) is 4.42. The van der Waals surface area contributed by atoms with Gasteiger partial charge in [0.2, 0.25) is 0 Å². The second kappa shape index (κ2) is 14.6. The second-order valence-corrected chi connectivity index (χ2v) is 8.89. The molecule has 1 fully saturated rings. The molecule has 27 heavy (non-hydrogen) atoms. The second-order valence-electron chi connectivity index (χ2n) is 7.51. The molecule has 0 aromatic heterocycles. The van der Waals surface area contributed by atoms with Crippen LogP contribution in [0.4, 0.5) is 13.2 Å². The highest BCUT2D eigenvalue weighted by atomic mass is 32.2. The summed E-state index contributed by atoms with van der Waals surface area (Å²) in [4.78, 5) is 1.93. The summed E-state index contributed by atoms with van der Waals surface area (Å²) in [5, 5.41) is 0. The van der Waals surface area contributed by atoms with E-state index in [9.17, 15) is 13.2 Å². The van der Waals surface area contributed by atoms with Gasteiger partial charge in [0.15, 0.2) is 10.1 Å². The van der Waals surface area contributed by atoms with Gasteiger partial charge in [-0.15, -0.1) is 0 Å². The molecule has 0 spiro atoms. The Kier molecular flexibility index (Phi) is 14.4. The van der Waals surface area contributed by atoms with Crippen molar-refractivity contribution in [1.82, 2.24) is 0 Å². The largest absolute Gasteiger partial charge is 0.741 e. The first-order valence-electron chi connectivity index (χ1n) is 10.5. The monoisotopic (exact) mass is 417 g/mol. The first kappa shape index (κ1) is 26.7. The fourth-order valence-corrected chi connectivity index (χ4v) is 3.67. The Morgan fingerprint density at radius 3 is 1.85 bits per heavy atom. The lowest BCUT2D eigenvalue weighted by Gasteiger charge is -2.21. The van der Waals surface area contributed by atoms with Crippen molar-refractivity contribution in [1.29, 1.82) is 0 Å². The minimum atomic E-state index is -6.09. The van der Waals surface area contributed by atoms with E-state index in [0.717, 1.165) is 6.04 Å². The molecule has 1 rings (SSSR count). The number of halogens is 3. The molecule has 0 amide bonds. The SMILES string of the molecule is CCCCCCCCCCC[NH+]1CCCC1CCC.O=S(=O)([O-])C(F)(F)F. The molecule has 4 nitrogen and oxygen atoms in total. The van der Waals surface area contributed by atoms with Crippen LogP contribution in [0, 0.1) is 0 Å². The number of rotatable bonds is 12. The van der Waals surface area contributed by atoms with E-state index in [-0.39, 0.29) is 0 Å². The van der Waals surface area contributed by atoms with Crippen LogP contribution < -0.4 is 4.90 Å². The van der Waals surface area contributed by atoms with Crippen molar-refractivity contribution in [2.75, 3.05) is 13.1 Å². The van der Waals surface area contributed by atoms with Gasteiger partial charge in [0.05, 0.1) is 19.1 Å². The van der Waals surface area contributed by atoms with Gasteiger partial charge in [-0.25, -0.2) is 8.42 Å². The molecule has 1 aliphatic rings. The summed E-state index contributed by atoms with van der Waals surface area (Å²) in [6.07, 6.45) is 19.0. The molecule has 0 aromatic rings. The van der Waals surface area contributed by atoms with E-state index in [0.29, 0.717) is 0 Å². The lowest BCUT2D eigenvalue weighted by Crippen LogP contribution is -3.13. The van der Waals surface area contributed by atoms with Gasteiger partial charge in [-0.2, -0.15) is 13.2 Å². The van der Waals surface area contributed by atoms with Gasteiger partial charge in [0, 0.05) is 12.8 Å². The van der Waals surface area contributed by atoms with E-state index in [4.69, 9.17) is 13.0 Å². The molecule has 1 heterocycles. The molecule has 0 bridgehead atoms. The van der Waals surface area contributed by atoms with Crippen LogP contribution in [0.5, 0.6) is 0 Å². The molecule has 0 aliphatic carbocycles. The maximum Gasteiger partial charge on any atom is 0.485 e. The standard InChI is InChI=1S/C18H37N.CHF3O3S/c1-3-5-6-7-8-9-10-11-12-16-19-17-13-15-18(19)14-4-2;2-1(3,4)8(5,6)7/h18H,3-17H2,1-2H3;(H,5,6,7). The van der Waals surface area contributed by atoms with Crippen molar-refractivity contribution >= 4 is 10.1 Å². The predicted molar refractivity (Wildman–Crippen MR) is 102 cm³/mol. The maximum absolute atomic E-state index is 10.7. The number of quaternary nitrogens is 1. The average molecular weight is 418 g/mol. The van der Waals surface area contributed by atoms with Crippen LogP contribution in [-0.4, -0.2) is 37.6 Å². The fourth-order valence-electron chi connectivity index (χ4n) is 3.67. The minimum Gasteiger partial charge on any atom is -0.741 e. The Labute approximate surface area is 163 Å². The van der Waals surface area contributed by atoms with Crippen LogP contribution in [0.1, 0.15) is 97.3 Å². The van der Waals surface area contributed by atoms with Crippen molar-refractivity contribution in [2.45, 2.75) is 109 Å². The van der Waals surface area contributed by atoms with E-state index in [1.807, 2.05) is 4.90 Å². The molecular weight excluding hydrogens is 379 g/mol. The molecule has 2 unspecified atom stereocenters. The smallest absolute Gasteiger partial charge is 0.485 e. The minimum absolute atomic E-state index is 1.01. The molecule has 0 saturated carbocycles. The van der Waals surface area contributed by atoms with Crippen molar-refractivity contribution in [3.8, 4) is 0 Å². The summed E-state index contributed by atoms with van der Waals surface area (Å²) in [6, 6.07) is 1.01. The number of hydrogen-bond acceptors (Lipinski definition) is 3. The van der Waals surface area contributed by atoms with Gasteiger partial charge in [-0.05, 0) is 19.3 Å². The molecule has 2 atom stereocenters. The third kappa shape index (κ3) is 13.5. The van der Waals surface area contributed by atoms with E-state index < -0.39 is 15.6 Å². The Bertz CT molecular complexity index is 456. The van der Waals surface area contributed by atoms with Crippen LogP contribution in [0.2, 0.25) is 0 Å². The van der Waals surface area contributed by atoms with E-state index in [1.165, 1.54) is 96.6 Å². The summed E-state index contributed by atoms with van der Waals surface area (Å²) in [5.74, 6) is 0. The zero-order chi connectivity index (χ0) is 20.8. The van der Waals surface area contributed by atoms with Crippen molar-refractivity contribution in [2.24, 2.45) is 0 Å². The quantitative estimate of drug-likeness (QED) is 0.291. The van der Waals surface area contributed by atoms with Crippen molar-refractivity contribution in [3.05, 3.63) is 0 Å². The van der Waals surface area contributed by atoms with Crippen LogP contribution in [-0.2, 0) is 10.1 Å². The summed E-state index contributed by atoms with van der Waals surface area (Å²) in [6.45, 7) is 7.56. The lowest BCUT2D eigenvalue weighted by atomic mass is 10.1. The topological polar surface area (TPSA) is 61.6 Å². The summed E-state index contributed by atoms with van der Waals surface area (Å²) < 4.78 is 58.9. The van der Waals surface area contributed by atoms with Crippen LogP contribution in [0.25, 0.3) is 0 Å². The highest BCUT2D eigenvalue weighted by molar-refractivity contribution is 7.86. The van der Waals surface area contributed by atoms with Crippen molar-refractivity contribution in [3.63, 3.8) is 0 Å². The third-order valence-corrected chi connectivity index (χ3v) is 5.72. The molecule has 0 aromatic carbocycles. The Morgan fingerprint density at radius 1 is 0.926 bits per heavy atom. The first-order chi connectivity index (χ1) is 12.6. The number of nitrogens with one attached hydrogen (secondary N) is 1. The van der Waals surface area contributed by atoms with Crippen LogP contribution in [0.15, 0.2) is 0 Å². The van der Waals surface area contributed by atoms with E-state index in [2.05, 4.69) is 13.8 Å². The van der Waals surface area contributed by atoms with Gasteiger partial charge in [0.1, 0.15) is 0 Å². The Hall–Kier alpha value is -0.340. The zero-order valence-corrected chi connectivity index (χ0v) is 17.8. The highest BCUT2D eigenvalue weighted by Crippen LogP contribution is 2.20. The van der Waals surface area contributed by atoms with E-state index in [1.54, 1.807) is 0 Å². The van der Waals surface area contributed by atoms with Crippen molar-refractivity contribution < 1.29 is 31.0 Å². The Balaban J connectivity index is 0.000000713. The number of unbranched alkanes of at least 4 members (excludes halogenated alkanes) is 8. The molecule has 1 saturated heterocycles. The summed E-state index contributed by atoms with van der Waals surface area (Å²) in [7, 11) is -6.09. The molecule has 8 heteroatoms. The van der Waals surface area contributed by atoms with Gasteiger partial charge >= 0.3 is 5.51 Å². The van der Waals surface area contributed by atoms with Gasteiger partial charge in [-0.1, -0.05) is 65.2 Å². The Morgan fingerprint density at radius 2 is 1.41 bits per heavy atom. The van der Waals surface area contributed by atoms with E-state index >= 15 is 0 Å². The lowest BCUT2D eigenvalue weighted by molar-refractivity contribution is -0.912. The van der Waals surface area contributed by atoms with Gasteiger partial charge < -0.3 is 9.45 Å². The maximum atomic E-state index is 10.7. The number of hydrogen-bond donors (Lipinski definition) is 1. The molecule has 164 valence electrons. The summed E-state index contributed by atoms with van der Waals surface area (Å²) in [5.41, 5.74) is -5.65. The first-order valence-corrected chi connectivity index (χ1v) is 11.9. The normalized spacial score (nSPS) is 20.4. The molecular formula is C19H38F3NO3S. The summed E-state index contributed by atoms with van der Waals surface area (Å²) >= 11 is 0. The third-order valence-electron chi connectivity index (χ3n) is 5.15. The number of alkyl halides is 3. The molecule has 1 N–H and O–H groups in total. The molecule has 1 aliphatic heterocycles. The van der Waals surface area contributed by atoms with Gasteiger partial charge in [0.25, 0.3) is 0 Å². The average Bonchev–Trinajstić information content (AvgIpc) is 3.00. The van der Waals surface area contributed by atoms with Crippen LogP contribution >= 0.6 is 0 Å². The fraction of sp³-hybridized carbons (Fsp3) is 1.00. The highest BCUT2D eigenvalue weighted by Gasteiger charge is 2.36. The zero-order valence-electron chi connectivity index (χ0n) is 17.0. The molecule has 0 radical (unpaired) electrons. The van der Waals surface area contributed by atoms with Crippen LogP contribution in [0.3, 0.4) is 0 Å².